The van der Waals surface area contributed by atoms with E-state index in [4.69, 9.17) is 28.9 Å². The van der Waals surface area contributed by atoms with Crippen molar-refractivity contribution >= 4 is 29.1 Å². The second-order valence-corrected chi connectivity index (χ2v) is 5.73. The Labute approximate surface area is 137 Å². The molecular formula is C14H18Cl2F2N2O2. The fourth-order valence-corrected chi connectivity index (χ4v) is 2.36. The van der Waals surface area contributed by atoms with Gasteiger partial charge < -0.3 is 15.8 Å². The number of carbonyl (C=O) groups excluding carboxylic acids is 1. The molecule has 0 bridgehead atoms. The van der Waals surface area contributed by atoms with Crippen LogP contribution in [-0.2, 0) is 11.3 Å². The predicted molar refractivity (Wildman–Crippen MR) is 82.4 cm³/mol. The number of rotatable bonds is 7. The van der Waals surface area contributed by atoms with Gasteiger partial charge in [0.1, 0.15) is 5.75 Å². The highest BCUT2D eigenvalue weighted by Crippen LogP contribution is 2.33. The minimum Gasteiger partial charge on any atom is -0.433 e. The highest BCUT2D eigenvalue weighted by atomic mass is 35.5. The average Bonchev–Trinajstić information content (AvgIpc) is 2.45. The van der Waals surface area contributed by atoms with Crippen molar-refractivity contribution < 1.29 is 18.3 Å². The summed E-state index contributed by atoms with van der Waals surface area (Å²) in [5, 5.41) is 2.78. The van der Waals surface area contributed by atoms with E-state index in [0.717, 1.165) is 6.42 Å². The summed E-state index contributed by atoms with van der Waals surface area (Å²) in [7, 11) is 0. The largest absolute Gasteiger partial charge is 0.433 e. The zero-order valence-electron chi connectivity index (χ0n) is 12.2. The standard InChI is InChI=1S/C14H18Cl2F2N2O2/c1-3-7(2)11(19)13(21)20-6-8-4-9(15)5-10(16)12(8)22-14(17)18/h4-5,7,11,14H,3,6,19H2,1-2H3,(H,20,21). The maximum atomic E-state index is 12.4. The normalized spacial score (nSPS) is 13.8. The van der Waals surface area contributed by atoms with Crippen molar-refractivity contribution in [2.24, 2.45) is 11.7 Å². The molecule has 0 aliphatic rings. The smallest absolute Gasteiger partial charge is 0.387 e. The first kappa shape index (κ1) is 18.9. The van der Waals surface area contributed by atoms with E-state index in [1.807, 2.05) is 13.8 Å². The Bertz CT molecular complexity index is 530. The van der Waals surface area contributed by atoms with E-state index in [2.05, 4.69) is 10.1 Å². The highest BCUT2D eigenvalue weighted by molar-refractivity contribution is 6.35. The van der Waals surface area contributed by atoms with Crippen LogP contribution in [0.15, 0.2) is 12.1 Å². The number of nitrogens with one attached hydrogen (secondary N) is 1. The number of alkyl halides is 2. The lowest BCUT2D eigenvalue weighted by Crippen LogP contribution is -2.44. The van der Waals surface area contributed by atoms with Crippen molar-refractivity contribution in [1.82, 2.24) is 5.32 Å². The summed E-state index contributed by atoms with van der Waals surface area (Å²) in [5.74, 6) is -0.591. The van der Waals surface area contributed by atoms with Crippen LogP contribution in [0.2, 0.25) is 10.0 Å². The van der Waals surface area contributed by atoms with Crippen LogP contribution in [0.3, 0.4) is 0 Å². The summed E-state index contributed by atoms with van der Waals surface area (Å²) in [6, 6.07) is 2.01. The van der Waals surface area contributed by atoms with Crippen LogP contribution in [0.25, 0.3) is 0 Å². The third-order valence-corrected chi connectivity index (χ3v) is 3.80. The van der Waals surface area contributed by atoms with Crippen molar-refractivity contribution in [2.45, 2.75) is 39.5 Å². The number of halogens is 4. The van der Waals surface area contributed by atoms with E-state index in [1.165, 1.54) is 12.1 Å². The molecule has 22 heavy (non-hydrogen) atoms. The van der Waals surface area contributed by atoms with Crippen molar-refractivity contribution in [3.63, 3.8) is 0 Å². The van der Waals surface area contributed by atoms with Crippen molar-refractivity contribution in [1.29, 1.82) is 0 Å². The van der Waals surface area contributed by atoms with Gasteiger partial charge in [-0.1, -0.05) is 43.5 Å². The molecule has 0 heterocycles. The van der Waals surface area contributed by atoms with Gasteiger partial charge in [-0.3, -0.25) is 4.79 Å². The molecule has 3 N–H and O–H groups in total. The van der Waals surface area contributed by atoms with Gasteiger partial charge in [0, 0.05) is 17.1 Å². The fourth-order valence-electron chi connectivity index (χ4n) is 1.78. The van der Waals surface area contributed by atoms with Crippen LogP contribution in [0.4, 0.5) is 8.78 Å². The van der Waals surface area contributed by atoms with E-state index in [-0.39, 0.29) is 39.7 Å². The van der Waals surface area contributed by atoms with E-state index in [0.29, 0.717) is 0 Å². The molecule has 0 saturated heterocycles. The first-order chi connectivity index (χ1) is 10.3. The molecule has 0 aliphatic carbocycles. The summed E-state index contributed by atoms with van der Waals surface area (Å²) >= 11 is 11.7. The average molecular weight is 355 g/mol. The number of benzene rings is 1. The highest BCUT2D eigenvalue weighted by Gasteiger charge is 2.20. The third-order valence-electron chi connectivity index (χ3n) is 3.31. The molecule has 2 atom stereocenters. The second-order valence-electron chi connectivity index (χ2n) is 4.88. The Balaban J connectivity index is 2.86. The van der Waals surface area contributed by atoms with Crippen molar-refractivity contribution in [3.05, 3.63) is 27.7 Å². The van der Waals surface area contributed by atoms with Gasteiger partial charge >= 0.3 is 6.61 Å². The lowest BCUT2D eigenvalue weighted by atomic mass is 9.99. The van der Waals surface area contributed by atoms with Crippen LogP contribution in [0, 0.1) is 5.92 Å². The number of nitrogens with two attached hydrogens (primary N) is 1. The Morgan fingerprint density at radius 1 is 1.41 bits per heavy atom. The molecule has 0 fully saturated rings. The quantitative estimate of drug-likeness (QED) is 0.786. The maximum absolute atomic E-state index is 12.4. The van der Waals surface area contributed by atoms with E-state index in [9.17, 15) is 13.6 Å². The number of hydrogen-bond donors (Lipinski definition) is 2. The number of hydrogen-bond acceptors (Lipinski definition) is 3. The number of amides is 1. The van der Waals surface area contributed by atoms with Gasteiger partial charge in [-0.05, 0) is 18.1 Å². The SMILES string of the molecule is CCC(C)C(N)C(=O)NCc1cc(Cl)cc(Cl)c1OC(F)F. The van der Waals surface area contributed by atoms with Crippen LogP contribution < -0.4 is 15.8 Å². The molecule has 1 aromatic rings. The summed E-state index contributed by atoms with van der Waals surface area (Å²) in [5.41, 5.74) is 6.05. The molecule has 124 valence electrons. The monoisotopic (exact) mass is 354 g/mol. The molecular weight excluding hydrogens is 337 g/mol. The Morgan fingerprint density at radius 2 is 2.05 bits per heavy atom. The van der Waals surface area contributed by atoms with Gasteiger partial charge in [-0.2, -0.15) is 8.78 Å². The molecule has 1 amide bonds. The molecule has 0 saturated carbocycles. The molecule has 0 radical (unpaired) electrons. The number of carbonyl (C=O) groups is 1. The molecule has 0 aliphatic heterocycles. The number of ether oxygens (including phenoxy) is 1. The van der Waals surface area contributed by atoms with Gasteiger partial charge in [-0.25, -0.2) is 0 Å². The van der Waals surface area contributed by atoms with Gasteiger partial charge in [0.25, 0.3) is 0 Å². The van der Waals surface area contributed by atoms with Crippen molar-refractivity contribution in [2.75, 3.05) is 0 Å². The minimum absolute atomic E-state index is 0.000247. The molecule has 8 heteroatoms. The lowest BCUT2D eigenvalue weighted by molar-refractivity contribution is -0.123. The Morgan fingerprint density at radius 3 is 2.59 bits per heavy atom. The van der Waals surface area contributed by atoms with E-state index < -0.39 is 12.7 Å². The first-order valence-corrected chi connectivity index (χ1v) is 7.47. The van der Waals surface area contributed by atoms with Gasteiger partial charge in [0.2, 0.25) is 5.91 Å². The first-order valence-electron chi connectivity index (χ1n) is 6.72. The minimum atomic E-state index is -3.03. The summed E-state index contributed by atoms with van der Waals surface area (Å²) in [6.07, 6.45) is 0.747. The molecule has 0 aromatic heterocycles. The molecule has 4 nitrogen and oxygen atoms in total. The van der Waals surface area contributed by atoms with Gasteiger partial charge in [0.15, 0.2) is 0 Å². The summed E-state index contributed by atoms with van der Waals surface area (Å²) in [6.45, 7) is 0.677. The molecule has 1 rings (SSSR count). The summed E-state index contributed by atoms with van der Waals surface area (Å²) in [4.78, 5) is 11.9. The Hall–Kier alpha value is -1.11. The van der Waals surface area contributed by atoms with E-state index in [1.54, 1.807) is 0 Å². The zero-order valence-corrected chi connectivity index (χ0v) is 13.7. The van der Waals surface area contributed by atoms with Crippen LogP contribution in [-0.4, -0.2) is 18.6 Å². The lowest BCUT2D eigenvalue weighted by Gasteiger charge is -2.19. The molecule has 1 aromatic carbocycles. The predicted octanol–water partition coefficient (Wildman–Crippen LogP) is 3.58. The van der Waals surface area contributed by atoms with Gasteiger partial charge in [0.05, 0.1) is 11.1 Å². The Kier molecular flexibility index (Phi) is 7.32. The fraction of sp³-hybridized carbons (Fsp3) is 0.500. The maximum Gasteiger partial charge on any atom is 0.387 e. The van der Waals surface area contributed by atoms with Crippen LogP contribution >= 0.6 is 23.2 Å². The van der Waals surface area contributed by atoms with Crippen LogP contribution in [0.5, 0.6) is 5.75 Å². The van der Waals surface area contributed by atoms with Gasteiger partial charge in [-0.15, -0.1) is 0 Å². The molecule has 0 spiro atoms. The zero-order chi connectivity index (χ0) is 16.9. The van der Waals surface area contributed by atoms with Crippen LogP contribution in [0.1, 0.15) is 25.8 Å². The molecule has 2 unspecified atom stereocenters. The summed E-state index contributed by atoms with van der Waals surface area (Å²) < 4.78 is 29.3. The van der Waals surface area contributed by atoms with E-state index >= 15 is 0 Å². The third kappa shape index (κ3) is 5.26. The topological polar surface area (TPSA) is 64.4 Å². The van der Waals surface area contributed by atoms with Crippen molar-refractivity contribution in [3.8, 4) is 5.75 Å². The second kappa shape index (κ2) is 8.50.